The molecule has 9 atom stereocenters. The van der Waals surface area contributed by atoms with Crippen molar-refractivity contribution in [2.24, 2.45) is 11.1 Å². The topological polar surface area (TPSA) is 467 Å². The van der Waals surface area contributed by atoms with Gasteiger partial charge < -0.3 is 71.9 Å². The van der Waals surface area contributed by atoms with Gasteiger partial charge in [-0.05, 0) is 6.92 Å². The maximum Gasteiger partial charge on any atom is 0.481 e. The number of nitrogens with two attached hydrogens (primary N) is 2. The maximum absolute atomic E-state index is 12.6. The minimum absolute atomic E-state index is 0.0363. The van der Waals surface area contributed by atoms with Gasteiger partial charge in [0.05, 0.1) is 31.6 Å². The molecule has 2 aromatic rings. The van der Waals surface area contributed by atoms with E-state index in [1.54, 1.807) is 0 Å². The molecule has 29 nitrogen and oxygen atoms in total. The molecule has 0 spiro atoms. The number of aliphatic hydroxyl groups excluding tert-OH is 2. The van der Waals surface area contributed by atoms with Crippen molar-refractivity contribution in [3.63, 3.8) is 0 Å². The van der Waals surface area contributed by atoms with Gasteiger partial charge in [-0.25, -0.2) is 28.6 Å². The number of fused-ring (bicyclic) bond motifs is 1. The summed E-state index contributed by atoms with van der Waals surface area (Å²) in [6.07, 6.45) is -7.43. The van der Waals surface area contributed by atoms with Crippen molar-refractivity contribution in [3.05, 3.63) is 12.7 Å². The van der Waals surface area contributed by atoms with Crippen LogP contribution < -0.4 is 22.1 Å². The molecule has 0 radical (unpaired) electrons. The van der Waals surface area contributed by atoms with Crippen molar-refractivity contribution in [2.75, 3.05) is 37.8 Å². The van der Waals surface area contributed by atoms with Crippen molar-refractivity contribution in [3.8, 4) is 0 Å². The highest BCUT2D eigenvalue weighted by Crippen LogP contribution is 2.61. The SMILES string of the molecule is CC(C)(COP(=O)(O)OP(=O)(O)OC[C@H]1O[C@@H](n2cnc3c(N)ncnc32)[C@H](O)[C@@H]1OP(=O)(O)O)[C@@H](O)C(=O)NCCC(=O)NCCS.CC(O)(CC(=O)O)[C@H](N)C(=O)O. The summed E-state index contributed by atoms with van der Waals surface area (Å²) >= 11 is 3.95. The Labute approximate surface area is 344 Å². The van der Waals surface area contributed by atoms with Gasteiger partial charge in [0.15, 0.2) is 17.7 Å². The molecule has 15 N–H and O–H groups in total. The van der Waals surface area contributed by atoms with E-state index in [0.29, 0.717) is 12.3 Å². The van der Waals surface area contributed by atoms with Crippen LogP contribution in [0.15, 0.2) is 12.7 Å². The highest BCUT2D eigenvalue weighted by molar-refractivity contribution is 7.80. The number of hydrogen-bond acceptors (Lipinski definition) is 21. The number of carbonyl (C=O) groups is 4. The van der Waals surface area contributed by atoms with Crippen LogP contribution in [0.1, 0.15) is 39.8 Å². The van der Waals surface area contributed by atoms with Crippen LogP contribution in [0.3, 0.4) is 0 Å². The summed E-state index contributed by atoms with van der Waals surface area (Å²) in [6.45, 7) is 1.79. The molecule has 0 bridgehead atoms. The van der Waals surface area contributed by atoms with Gasteiger partial charge in [-0.3, -0.25) is 37.3 Å². The normalized spacial score (nSPS) is 22.3. The van der Waals surface area contributed by atoms with Gasteiger partial charge in [0.1, 0.15) is 42.3 Å². The Morgan fingerprint density at radius 1 is 1.02 bits per heavy atom. The highest BCUT2D eigenvalue weighted by Gasteiger charge is 2.50. The summed E-state index contributed by atoms with van der Waals surface area (Å²) in [5.41, 5.74) is 7.41. The van der Waals surface area contributed by atoms with Crippen molar-refractivity contribution in [1.82, 2.24) is 30.2 Å². The molecule has 2 aromatic heterocycles. The lowest BCUT2D eigenvalue weighted by atomic mass is 9.87. The second-order valence-corrected chi connectivity index (χ2v) is 18.2. The van der Waals surface area contributed by atoms with Gasteiger partial charge in [0, 0.05) is 30.7 Å². The second-order valence-electron chi connectivity index (χ2n) is 13.5. The Hall–Kier alpha value is -3.25. The Balaban J connectivity index is 0.000000894. The number of carbonyl (C=O) groups excluding carboxylic acids is 2. The first-order valence-electron chi connectivity index (χ1n) is 16.9. The minimum atomic E-state index is -5.54. The molecule has 1 aliphatic heterocycles. The Kier molecular flexibility index (Phi) is 19.1. The number of amides is 2. The van der Waals surface area contributed by atoms with Crippen LogP contribution in [0.5, 0.6) is 0 Å². The standard InChI is InChI=1S/C21H36N7O16P3S.C6H11NO5/c1-21(2,16(31)19(32)24-4-3-12(29)23-5-6-48)8-41-47(38,39)44-46(36,37)40-7-11-15(43-45(33,34)35)14(30)20(42-11)28-10-27-13-17(22)25-9-26-18(13)28;1-6(12,2-3(8)9)4(7)5(10)11/h9-11,14-16,20,30-31,48H,3-8H2,1-2H3,(H,23,29)(H,24,32)(H,36,37)(H,38,39)(H2,22,25,26)(H2,33,34,35);4,12H,2,7H2,1H3,(H,8,9)(H,10,11)/t11-,14-,15-,16+,20-;4-,6?/m11/s1. The number of aliphatic hydroxyl groups is 3. The lowest BCUT2D eigenvalue weighted by Crippen LogP contribution is -2.51. The summed E-state index contributed by atoms with van der Waals surface area (Å²) in [5, 5.41) is 51.9. The number of nitrogens with zero attached hydrogens (tertiary/aromatic N) is 4. The quantitative estimate of drug-likeness (QED) is 0.0412. The smallest absolute Gasteiger partial charge is 0.481 e. The summed E-state index contributed by atoms with van der Waals surface area (Å²) < 4.78 is 61.7. The van der Waals surface area contributed by atoms with E-state index < -0.39 is 109 Å². The van der Waals surface area contributed by atoms with Crippen molar-refractivity contribution in [2.45, 2.75) is 75.9 Å². The zero-order chi connectivity index (χ0) is 46.0. The number of rotatable bonds is 22. The molecule has 0 saturated carbocycles. The lowest BCUT2D eigenvalue weighted by molar-refractivity contribution is -0.150. The van der Waals surface area contributed by atoms with E-state index in [2.05, 4.69) is 47.0 Å². The molecule has 60 heavy (non-hydrogen) atoms. The third-order valence-corrected chi connectivity index (χ3v) is 11.3. The molecule has 1 saturated heterocycles. The third-order valence-electron chi connectivity index (χ3n) is 7.96. The van der Waals surface area contributed by atoms with Crippen LogP contribution in [0, 0.1) is 5.41 Å². The molecular formula is C27H47N8O21P3S. The number of thiol groups is 1. The van der Waals surface area contributed by atoms with E-state index in [-0.39, 0.29) is 35.9 Å². The molecule has 3 unspecified atom stereocenters. The number of anilines is 1. The van der Waals surface area contributed by atoms with Gasteiger partial charge in [0.2, 0.25) is 11.8 Å². The Morgan fingerprint density at radius 3 is 2.20 bits per heavy atom. The number of carboxylic acid groups (broad SMARTS) is 2. The van der Waals surface area contributed by atoms with E-state index >= 15 is 0 Å². The summed E-state index contributed by atoms with van der Waals surface area (Å²) in [5.74, 6) is -3.67. The molecule has 0 aromatic carbocycles. The summed E-state index contributed by atoms with van der Waals surface area (Å²) in [7, 11) is -16.3. The third kappa shape index (κ3) is 16.2. The lowest BCUT2D eigenvalue weighted by Gasteiger charge is -2.30. The zero-order valence-electron chi connectivity index (χ0n) is 31.7. The molecule has 3 heterocycles. The van der Waals surface area contributed by atoms with Crippen molar-refractivity contribution < 1.29 is 101 Å². The zero-order valence-corrected chi connectivity index (χ0v) is 35.3. The van der Waals surface area contributed by atoms with Gasteiger partial charge in [-0.2, -0.15) is 16.9 Å². The Morgan fingerprint density at radius 2 is 1.63 bits per heavy atom. The van der Waals surface area contributed by atoms with Gasteiger partial charge in [0.25, 0.3) is 0 Å². The largest absolute Gasteiger partial charge is 0.481 e. The maximum atomic E-state index is 12.6. The molecule has 0 aliphatic carbocycles. The van der Waals surface area contributed by atoms with Gasteiger partial charge in [-0.1, -0.05) is 13.8 Å². The van der Waals surface area contributed by atoms with E-state index in [9.17, 15) is 67.8 Å². The first-order valence-corrected chi connectivity index (χ1v) is 22.0. The van der Waals surface area contributed by atoms with Gasteiger partial charge in [-0.15, -0.1) is 0 Å². The molecule has 3 rings (SSSR count). The van der Waals surface area contributed by atoms with Crippen LogP contribution in [0.2, 0.25) is 0 Å². The van der Waals surface area contributed by atoms with Gasteiger partial charge >= 0.3 is 35.4 Å². The number of hydrogen-bond donors (Lipinski definition) is 14. The van der Waals surface area contributed by atoms with Crippen LogP contribution in [0.4, 0.5) is 5.82 Å². The van der Waals surface area contributed by atoms with Crippen LogP contribution in [-0.2, 0) is 55.5 Å². The van der Waals surface area contributed by atoms with E-state index in [4.69, 9.17) is 35.5 Å². The number of aliphatic carboxylic acids is 2. The minimum Gasteiger partial charge on any atom is -0.481 e. The number of phosphoric ester groups is 3. The molecule has 342 valence electrons. The molecule has 1 fully saturated rings. The number of ether oxygens (including phenoxy) is 1. The van der Waals surface area contributed by atoms with E-state index in [0.717, 1.165) is 24.1 Å². The fraction of sp³-hybridized carbons (Fsp3) is 0.667. The molecule has 1 aliphatic rings. The highest BCUT2D eigenvalue weighted by atomic mass is 32.1. The number of carboxylic acids is 2. The summed E-state index contributed by atoms with van der Waals surface area (Å²) in [4.78, 5) is 95.0. The first kappa shape index (κ1) is 52.9. The van der Waals surface area contributed by atoms with Crippen molar-refractivity contribution >= 4 is 76.8 Å². The number of phosphoric acid groups is 3. The number of aromatic nitrogens is 4. The first-order chi connectivity index (χ1) is 27.4. The fourth-order valence-electron chi connectivity index (χ4n) is 4.82. The molecule has 2 amide bonds. The molecular weight excluding hydrogens is 897 g/mol. The average molecular weight is 945 g/mol. The second kappa shape index (κ2) is 21.7. The number of imidazole rings is 1. The van der Waals surface area contributed by atoms with Crippen LogP contribution in [0.25, 0.3) is 11.2 Å². The predicted molar refractivity (Wildman–Crippen MR) is 202 cm³/mol. The van der Waals surface area contributed by atoms with Crippen LogP contribution >= 0.6 is 36.1 Å². The Bertz CT molecular complexity index is 1970. The summed E-state index contributed by atoms with van der Waals surface area (Å²) in [6, 6.07) is -1.59. The van der Waals surface area contributed by atoms with E-state index in [1.807, 2.05) is 0 Å². The molecule has 33 heteroatoms. The number of nitrogen functional groups attached to an aromatic ring is 1. The van der Waals surface area contributed by atoms with Crippen LogP contribution in [-0.4, -0.2) is 156 Å². The van der Waals surface area contributed by atoms with Crippen molar-refractivity contribution in [1.29, 1.82) is 0 Å². The predicted octanol–water partition coefficient (Wildman–Crippen LogP) is -3.04. The monoisotopic (exact) mass is 944 g/mol. The number of nitrogens with one attached hydrogen (secondary N) is 2. The van der Waals surface area contributed by atoms with E-state index in [1.165, 1.54) is 13.8 Å². The fourth-order valence-corrected chi connectivity index (χ4v) is 7.76. The average Bonchev–Trinajstić information content (AvgIpc) is 3.68.